The number of halogens is 6. The molecule has 9 nitrogen and oxygen atoms in total. The van der Waals surface area contributed by atoms with Crippen molar-refractivity contribution in [1.29, 1.82) is 0 Å². The number of nitrogens with zero attached hydrogens (tertiary/aromatic N) is 4. The Hall–Kier alpha value is -3.76. The van der Waals surface area contributed by atoms with Gasteiger partial charge in [0.1, 0.15) is 5.69 Å². The standard InChI is InChI=1S/C22H17F6N5O4S/c1-9-3-4-11(20(36,22(26,27)28)18(34)37-19(35)21(23,24)25)5-12(9)14-6-31-17-16(29)32-13(8-33(14)17)15-7-30-10(2)38-15/h3-8,18,34,36H,1-2H3,(H2,29,32). The van der Waals surface area contributed by atoms with Gasteiger partial charge in [-0.15, -0.1) is 11.3 Å². The Morgan fingerprint density at radius 2 is 1.82 bits per heavy atom. The number of carbonyl (C=O) groups is 1. The zero-order chi connectivity index (χ0) is 28.2. The molecule has 38 heavy (non-hydrogen) atoms. The summed E-state index contributed by atoms with van der Waals surface area (Å²) in [6.45, 7) is 3.29. The molecule has 202 valence electrons. The molecule has 4 aromatic rings. The fourth-order valence-electron chi connectivity index (χ4n) is 3.64. The number of nitrogens with two attached hydrogens (primary N) is 1. The molecule has 0 amide bonds. The fraction of sp³-hybridized carbons (Fsp3) is 0.273. The van der Waals surface area contributed by atoms with E-state index in [2.05, 4.69) is 19.7 Å². The van der Waals surface area contributed by atoms with Gasteiger partial charge < -0.3 is 20.7 Å². The van der Waals surface area contributed by atoms with Crippen molar-refractivity contribution >= 4 is 28.8 Å². The summed E-state index contributed by atoms with van der Waals surface area (Å²) in [5.41, 5.74) is 1.66. The Labute approximate surface area is 213 Å². The topological polar surface area (TPSA) is 136 Å². The highest BCUT2D eigenvalue weighted by atomic mass is 32.1. The normalized spacial score (nSPS) is 14.9. The Balaban J connectivity index is 1.87. The van der Waals surface area contributed by atoms with E-state index in [0.717, 1.165) is 23.2 Å². The Bertz CT molecular complexity index is 1530. The first kappa shape index (κ1) is 27.3. The van der Waals surface area contributed by atoms with E-state index in [9.17, 15) is 41.4 Å². The van der Waals surface area contributed by atoms with Crippen molar-refractivity contribution in [3.8, 4) is 21.8 Å². The van der Waals surface area contributed by atoms with Gasteiger partial charge in [0.2, 0.25) is 11.9 Å². The Morgan fingerprint density at radius 3 is 2.39 bits per heavy atom. The minimum atomic E-state index is -5.77. The van der Waals surface area contributed by atoms with Crippen LogP contribution in [0.4, 0.5) is 32.2 Å². The number of rotatable bonds is 5. The van der Waals surface area contributed by atoms with Crippen LogP contribution in [0.15, 0.2) is 36.8 Å². The molecule has 0 radical (unpaired) electrons. The maximum Gasteiger partial charge on any atom is 0.491 e. The number of fused-ring (bicyclic) bond motifs is 1. The van der Waals surface area contributed by atoms with Crippen molar-refractivity contribution in [3.63, 3.8) is 0 Å². The largest absolute Gasteiger partial charge is 0.491 e. The lowest BCUT2D eigenvalue weighted by Crippen LogP contribution is -2.54. The van der Waals surface area contributed by atoms with E-state index in [1.165, 1.54) is 35.1 Å². The van der Waals surface area contributed by atoms with Crippen LogP contribution in [0.3, 0.4) is 0 Å². The van der Waals surface area contributed by atoms with Gasteiger partial charge in [0.15, 0.2) is 11.5 Å². The summed E-state index contributed by atoms with van der Waals surface area (Å²) < 4.78 is 84.6. The zero-order valence-electron chi connectivity index (χ0n) is 19.3. The third kappa shape index (κ3) is 4.65. The molecule has 0 aliphatic heterocycles. The van der Waals surface area contributed by atoms with Crippen LogP contribution in [-0.4, -0.2) is 54.2 Å². The maximum absolute atomic E-state index is 14.0. The number of carbonyl (C=O) groups excluding carboxylic acids is 1. The Morgan fingerprint density at radius 1 is 1.13 bits per heavy atom. The average molecular weight is 561 g/mol. The quantitative estimate of drug-likeness (QED) is 0.190. The summed E-state index contributed by atoms with van der Waals surface area (Å²) in [5.74, 6) is -3.12. The first-order valence-corrected chi connectivity index (χ1v) is 11.3. The van der Waals surface area contributed by atoms with Crippen LogP contribution in [0.1, 0.15) is 16.1 Å². The molecule has 0 aliphatic carbocycles. The second-order valence-corrected chi connectivity index (χ2v) is 9.38. The average Bonchev–Trinajstić information content (AvgIpc) is 3.44. The zero-order valence-corrected chi connectivity index (χ0v) is 20.1. The Kier molecular flexibility index (Phi) is 6.61. The molecule has 0 saturated carbocycles. The number of aryl methyl sites for hydroxylation is 2. The molecule has 0 saturated heterocycles. The van der Waals surface area contributed by atoms with E-state index in [-0.39, 0.29) is 22.7 Å². The molecule has 0 spiro atoms. The molecule has 0 fully saturated rings. The number of benzene rings is 1. The number of nitrogen functional groups attached to an aromatic ring is 1. The van der Waals surface area contributed by atoms with Crippen molar-refractivity contribution in [2.75, 3.05) is 5.73 Å². The lowest BCUT2D eigenvalue weighted by Gasteiger charge is -2.34. The lowest BCUT2D eigenvalue weighted by molar-refractivity contribution is -0.340. The number of aromatic nitrogens is 4. The van der Waals surface area contributed by atoms with Gasteiger partial charge in [-0.1, -0.05) is 12.1 Å². The summed E-state index contributed by atoms with van der Waals surface area (Å²) in [7, 11) is 0. The molecule has 16 heteroatoms. The molecule has 1 aromatic carbocycles. The predicted molar refractivity (Wildman–Crippen MR) is 122 cm³/mol. The van der Waals surface area contributed by atoms with E-state index >= 15 is 0 Å². The minimum absolute atomic E-state index is 0.00473. The molecule has 0 bridgehead atoms. The number of thiazole rings is 1. The van der Waals surface area contributed by atoms with Crippen molar-refractivity contribution < 1.29 is 46.1 Å². The van der Waals surface area contributed by atoms with Gasteiger partial charge in [-0.2, -0.15) is 26.3 Å². The number of anilines is 1. The van der Waals surface area contributed by atoms with E-state index in [0.29, 0.717) is 16.1 Å². The van der Waals surface area contributed by atoms with Crippen LogP contribution < -0.4 is 5.73 Å². The van der Waals surface area contributed by atoms with E-state index in [1.54, 1.807) is 13.1 Å². The summed E-state index contributed by atoms with van der Waals surface area (Å²) in [5, 5.41) is 21.1. The van der Waals surface area contributed by atoms with Crippen molar-refractivity contribution in [2.24, 2.45) is 0 Å². The number of ether oxygens (including phenoxy) is 1. The lowest BCUT2D eigenvalue weighted by atomic mass is 9.89. The monoisotopic (exact) mass is 561 g/mol. The van der Waals surface area contributed by atoms with Gasteiger partial charge in [-0.3, -0.25) is 4.40 Å². The minimum Gasteiger partial charge on any atom is -0.425 e. The summed E-state index contributed by atoms with van der Waals surface area (Å²) in [6.07, 6.45) is -10.8. The van der Waals surface area contributed by atoms with Crippen molar-refractivity contribution in [2.45, 2.75) is 38.1 Å². The molecule has 2 unspecified atom stereocenters. The maximum atomic E-state index is 14.0. The molecule has 3 heterocycles. The summed E-state index contributed by atoms with van der Waals surface area (Å²) >= 11 is 1.31. The van der Waals surface area contributed by atoms with Gasteiger partial charge in [0, 0.05) is 18.0 Å². The number of aliphatic hydroxyl groups is 2. The van der Waals surface area contributed by atoms with E-state index in [1.807, 2.05) is 0 Å². The molecular formula is C22H17F6N5O4S. The predicted octanol–water partition coefficient (Wildman–Crippen LogP) is 3.89. The second-order valence-electron chi connectivity index (χ2n) is 8.14. The molecule has 4 N–H and O–H groups in total. The van der Waals surface area contributed by atoms with E-state index in [4.69, 9.17) is 5.73 Å². The highest BCUT2D eigenvalue weighted by molar-refractivity contribution is 7.15. The number of alkyl halides is 6. The van der Waals surface area contributed by atoms with Gasteiger partial charge >= 0.3 is 18.3 Å². The number of esters is 1. The van der Waals surface area contributed by atoms with Gasteiger partial charge in [0.25, 0.3) is 0 Å². The fourth-order valence-corrected chi connectivity index (χ4v) is 4.38. The van der Waals surface area contributed by atoms with Crippen LogP contribution in [0, 0.1) is 13.8 Å². The molecule has 4 rings (SSSR count). The van der Waals surface area contributed by atoms with Crippen LogP contribution >= 0.6 is 11.3 Å². The first-order chi connectivity index (χ1) is 17.5. The molecule has 0 aliphatic rings. The second kappa shape index (κ2) is 9.21. The third-order valence-corrected chi connectivity index (χ3v) is 6.52. The number of hydrogen-bond donors (Lipinski definition) is 3. The smallest absolute Gasteiger partial charge is 0.425 e. The number of hydrogen-bond acceptors (Lipinski definition) is 9. The van der Waals surface area contributed by atoms with E-state index < -0.39 is 35.8 Å². The van der Waals surface area contributed by atoms with Crippen molar-refractivity contribution in [1.82, 2.24) is 19.4 Å². The van der Waals surface area contributed by atoms with Crippen molar-refractivity contribution in [3.05, 3.63) is 52.9 Å². The first-order valence-electron chi connectivity index (χ1n) is 10.5. The highest BCUT2D eigenvalue weighted by Gasteiger charge is 2.63. The SMILES string of the molecule is Cc1ncc(-c2cn3c(-c4cc(C(O)(C(O)OC(=O)C(F)(F)F)C(F)(F)F)ccc4C)cnc3c(N)n2)s1. The van der Waals surface area contributed by atoms with Gasteiger partial charge in [-0.05, 0) is 31.0 Å². The molecular weight excluding hydrogens is 544 g/mol. The number of aliphatic hydroxyl groups excluding tert-OH is 1. The third-order valence-electron chi connectivity index (χ3n) is 5.59. The van der Waals surface area contributed by atoms with Crippen LogP contribution in [0.2, 0.25) is 0 Å². The number of imidazole rings is 1. The summed E-state index contributed by atoms with van der Waals surface area (Å²) in [4.78, 5) is 24.3. The molecule has 2 atom stereocenters. The van der Waals surface area contributed by atoms with Gasteiger partial charge in [-0.25, -0.2) is 19.7 Å². The highest BCUT2D eigenvalue weighted by Crippen LogP contribution is 2.44. The van der Waals surface area contributed by atoms with Crippen LogP contribution in [0.5, 0.6) is 0 Å². The van der Waals surface area contributed by atoms with Crippen LogP contribution in [0.25, 0.3) is 27.5 Å². The summed E-state index contributed by atoms with van der Waals surface area (Å²) in [6, 6.07) is 2.67. The van der Waals surface area contributed by atoms with Crippen LogP contribution in [-0.2, 0) is 15.1 Å². The van der Waals surface area contributed by atoms with Gasteiger partial charge in [0.05, 0.1) is 21.8 Å². The molecule has 3 aromatic heterocycles.